The molecule has 2 heterocycles. The van der Waals surface area contributed by atoms with Crippen LogP contribution in [0.4, 0.5) is 0 Å². The van der Waals surface area contributed by atoms with E-state index in [0.29, 0.717) is 43.3 Å². The molecular formula is C30H31NO7. The average molecular weight is 518 g/mol. The Morgan fingerprint density at radius 2 is 1.79 bits per heavy atom. The molecule has 0 aliphatic carbocycles. The highest BCUT2D eigenvalue weighted by Gasteiger charge is 2.41. The third kappa shape index (κ3) is 5.51. The first-order valence-electron chi connectivity index (χ1n) is 12.7. The van der Waals surface area contributed by atoms with E-state index in [2.05, 4.69) is 0 Å². The minimum Gasteiger partial charge on any atom is -0.493 e. The van der Waals surface area contributed by atoms with Gasteiger partial charge in [-0.1, -0.05) is 66.7 Å². The molecule has 1 N–H and O–H groups in total. The quantitative estimate of drug-likeness (QED) is 0.456. The van der Waals surface area contributed by atoms with Crippen LogP contribution in [0.5, 0.6) is 11.5 Å². The van der Waals surface area contributed by atoms with Crippen LogP contribution in [0.2, 0.25) is 0 Å². The maximum Gasteiger partial charge on any atom is 0.326 e. The van der Waals surface area contributed by atoms with Crippen molar-refractivity contribution in [2.24, 2.45) is 0 Å². The molecule has 1 amide bonds. The van der Waals surface area contributed by atoms with Crippen molar-refractivity contribution < 1.29 is 33.6 Å². The average Bonchev–Trinajstić information content (AvgIpc) is 3.48. The Balaban J connectivity index is 1.46. The van der Waals surface area contributed by atoms with Gasteiger partial charge in [0.05, 0.1) is 19.8 Å². The van der Waals surface area contributed by atoms with Crippen molar-refractivity contribution in [2.45, 2.75) is 44.2 Å². The van der Waals surface area contributed by atoms with Crippen molar-refractivity contribution >= 4 is 11.9 Å². The second-order valence-electron chi connectivity index (χ2n) is 9.45. The third-order valence-corrected chi connectivity index (χ3v) is 6.99. The van der Waals surface area contributed by atoms with E-state index in [9.17, 15) is 14.7 Å². The van der Waals surface area contributed by atoms with E-state index in [1.807, 2.05) is 66.7 Å². The van der Waals surface area contributed by atoms with Crippen molar-refractivity contribution in [3.05, 3.63) is 95.1 Å². The highest BCUT2D eigenvalue weighted by atomic mass is 16.6. The molecule has 2 aliphatic rings. The summed E-state index contributed by atoms with van der Waals surface area (Å²) in [6.45, 7) is 1.40. The van der Waals surface area contributed by atoms with E-state index in [1.165, 1.54) is 4.90 Å². The first-order chi connectivity index (χ1) is 18.5. The molecule has 3 aromatic rings. The van der Waals surface area contributed by atoms with Gasteiger partial charge in [-0.2, -0.15) is 0 Å². The number of aliphatic carboxylic acids is 1. The number of fused-ring (bicyclic) bond motifs is 1. The zero-order valence-electron chi connectivity index (χ0n) is 21.2. The Labute approximate surface area is 221 Å². The molecule has 0 bridgehead atoms. The van der Waals surface area contributed by atoms with Crippen LogP contribution >= 0.6 is 0 Å². The minimum atomic E-state index is -1.09. The normalized spacial score (nSPS) is 19.4. The largest absolute Gasteiger partial charge is 0.493 e. The van der Waals surface area contributed by atoms with Crippen molar-refractivity contribution in [3.63, 3.8) is 0 Å². The van der Waals surface area contributed by atoms with E-state index in [4.69, 9.17) is 18.9 Å². The Morgan fingerprint density at radius 3 is 2.45 bits per heavy atom. The van der Waals surface area contributed by atoms with E-state index in [1.54, 1.807) is 13.2 Å². The van der Waals surface area contributed by atoms with Gasteiger partial charge in [0.25, 0.3) is 5.91 Å². The summed E-state index contributed by atoms with van der Waals surface area (Å²) in [7, 11) is 1.55. The molecule has 3 atom stereocenters. The van der Waals surface area contributed by atoms with E-state index >= 15 is 0 Å². The number of rotatable bonds is 9. The van der Waals surface area contributed by atoms with Gasteiger partial charge in [-0.05, 0) is 29.2 Å². The summed E-state index contributed by atoms with van der Waals surface area (Å²) in [4.78, 5) is 27.9. The topological polar surface area (TPSA) is 94.5 Å². The van der Waals surface area contributed by atoms with Gasteiger partial charge < -0.3 is 29.0 Å². The van der Waals surface area contributed by atoms with Crippen molar-refractivity contribution in [1.29, 1.82) is 0 Å². The second kappa shape index (κ2) is 11.7. The summed E-state index contributed by atoms with van der Waals surface area (Å²) >= 11 is 0. The van der Waals surface area contributed by atoms with Crippen molar-refractivity contribution in [1.82, 2.24) is 4.90 Å². The summed E-state index contributed by atoms with van der Waals surface area (Å²) in [5, 5.41) is 10.2. The maximum absolute atomic E-state index is 14.0. The fraction of sp³-hybridized carbons (Fsp3) is 0.333. The molecule has 0 aromatic heterocycles. The number of ether oxygens (including phenoxy) is 4. The number of nitrogens with zero attached hydrogens (tertiary/aromatic N) is 1. The van der Waals surface area contributed by atoms with Crippen LogP contribution in [-0.2, 0) is 38.6 Å². The molecule has 0 spiro atoms. The molecule has 198 valence electrons. The molecule has 38 heavy (non-hydrogen) atoms. The molecule has 8 nitrogen and oxygen atoms in total. The first kappa shape index (κ1) is 25.8. The van der Waals surface area contributed by atoms with Crippen LogP contribution in [0.3, 0.4) is 0 Å². The van der Waals surface area contributed by atoms with Gasteiger partial charge in [-0.3, -0.25) is 4.79 Å². The lowest BCUT2D eigenvalue weighted by molar-refractivity contribution is -0.160. The highest BCUT2D eigenvalue weighted by molar-refractivity contribution is 5.88. The van der Waals surface area contributed by atoms with Crippen LogP contribution < -0.4 is 9.47 Å². The lowest BCUT2D eigenvalue weighted by Crippen LogP contribution is -2.51. The van der Waals surface area contributed by atoms with Gasteiger partial charge in [-0.25, -0.2) is 4.79 Å². The lowest BCUT2D eigenvalue weighted by Gasteiger charge is -2.37. The van der Waals surface area contributed by atoms with Gasteiger partial charge in [0.2, 0.25) is 0 Å². The molecule has 3 aromatic carbocycles. The van der Waals surface area contributed by atoms with Crippen LogP contribution in [-0.4, -0.2) is 54.4 Å². The van der Waals surface area contributed by atoms with Gasteiger partial charge in [0.1, 0.15) is 12.6 Å². The van der Waals surface area contributed by atoms with Crippen LogP contribution in [0.15, 0.2) is 72.8 Å². The number of carbonyl (C=O) groups excluding carboxylic acids is 1. The zero-order chi connectivity index (χ0) is 26.5. The summed E-state index contributed by atoms with van der Waals surface area (Å²) < 4.78 is 23.4. The predicted octanol–water partition coefficient (Wildman–Crippen LogP) is 4.16. The third-order valence-electron chi connectivity index (χ3n) is 6.99. The maximum atomic E-state index is 14.0. The number of amides is 1. The van der Waals surface area contributed by atoms with Crippen LogP contribution in [0, 0.1) is 0 Å². The molecular weight excluding hydrogens is 486 g/mol. The summed E-state index contributed by atoms with van der Waals surface area (Å²) in [6, 6.07) is 21.5. The van der Waals surface area contributed by atoms with E-state index < -0.39 is 18.1 Å². The highest BCUT2D eigenvalue weighted by Crippen LogP contribution is 2.40. The number of hydrogen-bond donors (Lipinski definition) is 1. The van der Waals surface area contributed by atoms with Gasteiger partial charge in [0.15, 0.2) is 17.6 Å². The second-order valence-corrected chi connectivity index (χ2v) is 9.45. The van der Waals surface area contributed by atoms with E-state index in [0.717, 1.165) is 16.7 Å². The SMILES string of the molecule is COc1ccc2c(c1OCc1ccccc1)C[C@@H](C(=O)O)N(C(=O)C(O[C@H]1CCOC1)c1ccccc1)C2. The smallest absolute Gasteiger partial charge is 0.326 e. The van der Waals surface area contributed by atoms with E-state index in [-0.39, 0.29) is 25.0 Å². The van der Waals surface area contributed by atoms with Crippen LogP contribution in [0.1, 0.15) is 34.8 Å². The molecule has 0 saturated carbocycles. The molecule has 5 rings (SSSR count). The van der Waals surface area contributed by atoms with Crippen molar-refractivity contribution in [2.75, 3.05) is 20.3 Å². The zero-order valence-corrected chi connectivity index (χ0v) is 21.2. The Hall–Kier alpha value is -3.88. The van der Waals surface area contributed by atoms with Crippen LogP contribution in [0.25, 0.3) is 0 Å². The molecule has 8 heteroatoms. The number of benzene rings is 3. The van der Waals surface area contributed by atoms with Gasteiger partial charge in [0, 0.05) is 25.1 Å². The summed E-state index contributed by atoms with van der Waals surface area (Å²) in [5.41, 5.74) is 3.21. The van der Waals surface area contributed by atoms with Crippen molar-refractivity contribution in [3.8, 4) is 11.5 Å². The molecule has 1 saturated heterocycles. The summed E-state index contributed by atoms with van der Waals surface area (Å²) in [5.74, 6) is -0.443. The number of carboxylic acid groups (broad SMARTS) is 1. The Kier molecular flexibility index (Phi) is 7.91. The first-order valence-corrected chi connectivity index (χ1v) is 12.7. The monoisotopic (exact) mass is 517 g/mol. The number of hydrogen-bond acceptors (Lipinski definition) is 6. The van der Waals surface area contributed by atoms with Gasteiger partial charge in [-0.15, -0.1) is 0 Å². The predicted molar refractivity (Wildman–Crippen MR) is 139 cm³/mol. The number of methoxy groups -OCH3 is 1. The molecule has 2 aliphatic heterocycles. The molecule has 1 unspecified atom stereocenters. The lowest BCUT2D eigenvalue weighted by atomic mass is 9.91. The molecule has 0 radical (unpaired) electrons. The molecule has 1 fully saturated rings. The number of carbonyl (C=O) groups is 2. The number of carboxylic acids is 1. The summed E-state index contributed by atoms with van der Waals surface area (Å²) in [6.07, 6.45) is -0.389. The Morgan fingerprint density at radius 1 is 1.05 bits per heavy atom. The minimum absolute atomic E-state index is 0.0891. The standard InChI is InChI=1S/C30H31NO7/c1-35-26-13-12-22-17-31(29(32)27(21-10-6-3-7-11-21)38-23-14-15-36-19-23)25(30(33)34)16-24(22)28(26)37-18-20-8-4-2-5-9-20/h2-13,23,25,27H,14-19H2,1H3,(H,33,34)/t23-,25-,27?/m0/s1. The van der Waals surface area contributed by atoms with Gasteiger partial charge >= 0.3 is 5.97 Å². The fourth-order valence-electron chi connectivity index (χ4n) is 4.99. The Bertz CT molecular complexity index is 1260. The fourth-order valence-corrected chi connectivity index (χ4v) is 4.99.